The molecule has 2 aromatic carbocycles. The summed E-state index contributed by atoms with van der Waals surface area (Å²) in [7, 11) is 1.43. The van der Waals surface area contributed by atoms with Crippen LogP contribution < -0.4 is 20.1 Å². The number of carbonyl (C=O) groups excluding carboxylic acids is 2. The normalized spacial score (nSPS) is 10.2. The van der Waals surface area contributed by atoms with E-state index in [0.29, 0.717) is 27.9 Å². The molecule has 28 heavy (non-hydrogen) atoms. The van der Waals surface area contributed by atoms with Crippen molar-refractivity contribution in [3.63, 3.8) is 0 Å². The molecule has 7 nitrogen and oxygen atoms in total. The van der Waals surface area contributed by atoms with Crippen LogP contribution in [0.5, 0.6) is 11.5 Å². The van der Waals surface area contributed by atoms with E-state index in [1.54, 1.807) is 23.7 Å². The van der Waals surface area contributed by atoms with E-state index in [1.165, 1.54) is 48.8 Å². The Morgan fingerprint density at radius 2 is 1.89 bits per heavy atom. The maximum absolute atomic E-state index is 12.9. The van der Waals surface area contributed by atoms with E-state index in [-0.39, 0.29) is 12.5 Å². The van der Waals surface area contributed by atoms with Gasteiger partial charge in [-0.1, -0.05) is 0 Å². The monoisotopic (exact) mass is 401 g/mol. The van der Waals surface area contributed by atoms with Crippen molar-refractivity contribution in [1.29, 1.82) is 0 Å². The van der Waals surface area contributed by atoms with Crippen molar-refractivity contribution in [2.75, 3.05) is 24.4 Å². The number of thiazole rings is 1. The Labute approximate surface area is 164 Å². The minimum Gasteiger partial charge on any atom is -0.493 e. The SMILES string of the molecule is COc1cc(C(=O)Nc2nccs2)ccc1OCC(=O)Nc1ccc(F)cc1. The summed E-state index contributed by atoms with van der Waals surface area (Å²) in [5, 5.41) is 7.50. The Balaban J connectivity index is 1.61. The average molecular weight is 401 g/mol. The Morgan fingerprint density at radius 3 is 2.57 bits per heavy atom. The summed E-state index contributed by atoms with van der Waals surface area (Å²) < 4.78 is 23.6. The quantitative estimate of drug-likeness (QED) is 0.632. The van der Waals surface area contributed by atoms with Gasteiger partial charge in [0.1, 0.15) is 5.82 Å². The van der Waals surface area contributed by atoms with E-state index in [9.17, 15) is 14.0 Å². The topological polar surface area (TPSA) is 89.6 Å². The first-order valence-electron chi connectivity index (χ1n) is 8.12. The molecule has 1 heterocycles. The number of hydrogen-bond acceptors (Lipinski definition) is 6. The van der Waals surface area contributed by atoms with Gasteiger partial charge in [0.15, 0.2) is 23.2 Å². The molecule has 3 aromatic rings. The van der Waals surface area contributed by atoms with E-state index in [2.05, 4.69) is 15.6 Å². The molecule has 0 unspecified atom stereocenters. The highest BCUT2D eigenvalue weighted by Crippen LogP contribution is 2.28. The van der Waals surface area contributed by atoms with Crippen LogP contribution in [0.1, 0.15) is 10.4 Å². The van der Waals surface area contributed by atoms with Gasteiger partial charge >= 0.3 is 0 Å². The zero-order valence-corrected chi connectivity index (χ0v) is 15.6. The number of hydrogen-bond donors (Lipinski definition) is 2. The Morgan fingerprint density at radius 1 is 1.11 bits per heavy atom. The van der Waals surface area contributed by atoms with Gasteiger partial charge in [-0.2, -0.15) is 0 Å². The highest BCUT2D eigenvalue weighted by atomic mass is 32.1. The second kappa shape index (κ2) is 8.96. The lowest BCUT2D eigenvalue weighted by molar-refractivity contribution is -0.118. The number of amides is 2. The largest absolute Gasteiger partial charge is 0.493 e. The summed E-state index contributed by atoms with van der Waals surface area (Å²) in [6, 6.07) is 9.99. The molecule has 0 saturated carbocycles. The minimum absolute atomic E-state index is 0.279. The Kier molecular flexibility index (Phi) is 6.18. The summed E-state index contributed by atoms with van der Waals surface area (Å²) >= 11 is 1.31. The third-order valence-corrected chi connectivity index (χ3v) is 4.25. The fraction of sp³-hybridized carbons (Fsp3) is 0.105. The predicted molar refractivity (Wildman–Crippen MR) is 104 cm³/mol. The summed E-state index contributed by atoms with van der Waals surface area (Å²) in [6.07, 6.45) is 1.59. The molecule has 0 fully saturated rings. The second-order valence-corrected chi connectivity index (χ2v) is 6.40. The lowest BCUT2D eigenvalue weighted by Gasteiger charge is -2.12. The number of methoxy groups -OCH3 is 1. The zero-order valence-electron chi connectivity index (χ0n) is 14.8. The number of rotatable bonds is 7. The van der Waals surface area contributed by atoms with Crippen LogP contribution in [0.2, 0.25) is 0 Å². The van der Waals surface area contributed by atoms with E-state index in [0.717, 1.165) is 0 Å². The summed E-state index contributed by atoms with van der Waals surface area (Å²) in [5.74, 6) is -0.532. The first kappa shape index (κ1) is 19.3. The fourth-order valence-electron chi connectivity index (χ4n) is 2.26. The maximum Gasteiger partial charge on any atom is 0.262 e. The molecule has 0 aliphatic carbocycles. The molecular formula is C19H16FN3O4S. The van der Waals surface area contributed by atoms with Gasteiger partial charge in [0.05, 0.1) is 7.11 Å². The Hall–Kier alpha value is -3.46. The number of nitrogens with zero attached hydrogens (tertiary/aromatic N) is 1. The van der Waals surface area contributed by atoms with Crippen LogP contribution in [0, 0.1) is 5.82 Å². The maximum atomic E-state index is 12.9. The van der Waals surface area contributed by atoms with Crippen LogP contribution in [0.4, 0.5) is 15.2 Å². The van der Waals surface area contributed by atoms with Gasteiger partial charge in [0.25, 0.3) is 11.8 Å². The number of aromatic nitrogens is 1. The first-order chi connectivity index (χ1) is 13.5. The molecule has 0 spiro atoms. The van der Waals surface area contributed by atoms with Crippen LogP contribution in [0.25, 0.3) is 0 Å². The average Bonchev–Trinajstić information content (AvgIpc) is 3.21. The summed E-state index contributed by atoms with van der Waals surface area (Å²) in [4.78, 5) is 28.2. The molecule has 0 radical (unpaired) electrons. The number of nitrogens with one attached hydrogen (secondary N) is 2. The van der Waals surface area contributed by atoms with Gasteiger partial charge in [-0.05, 0) is 42.5 Å². The minimum atomic E-state index is -0.417. The van der Waals surface area contributed by atoms with Crippen LogP contribution in [-0.4, -0.2) is 30.5 Å². The molecule has 144 valence electrons. The number of anilines is 2. The van der Waals surface area contributed by atoms with E-state index < -0.39 is 11.7 Å². The molecule has 0 aliphatic rings. The van der Waals surface area contributed by atoms with E-state index in [1.807, 2.05) is 0 Å². The number of carbonyl (C=O) groups is 2. The highest BCUT2D eigenvalue weighted by Gasteiger charge is 2.13. The molecule has 2 N–H and O–H groups in total. The molecule has 0 atom stereocenters. The van der Waals surface area contributed by atoms with Gasteiger partial charge in [-0.3, -0.25) is 14.9 Å². The molecule has 3 rings (SSSR count). The van der Waals surface area contributed by atoms with Crippen molar-refractivity contribution in [1.82, 2.24) is 4.98 Å². The van der Waals surface area contributed by atoms with Crippen molar-refractivity contribution in [2.45, 2.75) is 0 Å². The second-order valence-electron chi connectivity index (χ2n) is 5.50. The van der Waals surface area contributed by atoms with E-state index in [4.69, 9.17) is 9.47 Å². The predicted octanol–water partition coefficient (Wildman–Crippen LogP) is 3.56. The fourth-order valence-corrected chi connectivity index (χ4v) is 2.78. The van der Waals surface area contributed by atoms with Crippen molar-refractivity contribution in [3.05, 3.63) is 65.4 Å². The third kappa shape index (κ3) is 5.04. The molecule has 0 saturated heterocycles. The van der Waals surface area contributed by atoms with Crippen LogP contribution >= 0.6 is 11.3 Å². The lowest BCUT2D eigenvalue weighted by atomic mass is 10.2. The highest BCUT2D eigenvalue weighted by molar-refractivity contribution is 7.13. The summed E-state index contributed by atoms with van der Waals surface area (Å²) in [6.45, 7) is -0.279. The van der Waals surface area contributed by atoms with Crippen molar-refractivity contribution < 1.29 is 23.5 Å². The molecule has 0 aliphatic heterocycles. The van der Waals surface area contributed by atoms with Crippen molar-refractivity contribution >= 4 is 34.0 Å². The molecular weight excluding hydrogens is 385 g/mol. The lowest BCUT2D eigenvalue weighted by Crippen LogP contribution is -2.20. The van der Waals surface area contributed by atoms with E-state index >= 15 is 0 Å². The van der Waals surface area contributed by atoms with Crippen LogP contribution in [0.3, 0.4) is 0 Å². The number of ether oxygens (including phenoxy) is 2. The van der Waals surface area contributed by atoms with Gasteiger partial charge in [-0.15, -0.1) is 11.3 Å². The van der Waals surface area contributed by atoms with Gasteiger partial charge < -0.3 is 14.8 Å². The number of benzene rings is 2. The van der Waals surface area contributed by atoms with Crippen LogP contribution in [0.15, 0.2) is 54.0 Å². The third-order valence-electron chi connectivity index (χ3n) is 3.57. The molecule has 1 aromatic heterocycles. The molecule has 0 bridgehead atoms. The summed E-state index contributed by atoms with van der Waals surface area (Å²) in [5.41, 5.74) is 0.811. The Bertz CT molecular complexity index is 962. The van der Waals surface area contributed by atoms with Crippen LogP contribution in [-0.2, 0) is 4.79 Å². The van der Waals surface area contributed by atoms with Gasteiger partial charge in [-0.25, -0.2) is 9.37 Å². The molecule has 2 amide bonds. The number of halogens is 1. The van der Waals surface area contributed by atoms with Crippen molar-refractivity contribution in [2.24, 2.45) is 0 Å². The van der Waals surface area contributed by atoms with Gasteiger partial charge in [0.2, 0.25) is 0 Å². The van der Waals surface area contributed by atoms with Gasteiger partial charge in [0, 0.05) is 22.8 Å². The standard InChI is InChI=1S/C19H16FN3O4S/c1-26-16-10-12(18(25)23-19-21-8-9-28-19)2-7-15(16)27-11-17(24)22-14-5-3-13(20)4-6-14/h2-10H,11H2,1H3,(H,22,24)(H,21,23,25). The van der Waals surface area contributed by atoms with Crippen molar-refractivity contribution in [3.8, 4) is 11.5 Å². The zero-order chi connectivity index (χ0) is 19.9. The first-order valence-corrected chi connectivity index (χ1v) is 9.00. The smallest absolute Gasteiger partial charge is 0.262 e. The molecule has 9 heteroatoms.